The van der Waals surface area contributed by atoms with E-state index >= 15 is 0 Å². The van der Waals surface area contributed by atoms with Gasteiger partial charge in [0.1, 0.15) is 4.90 Å². The average molecular weight is 287 g/mol. The van der Waals surface area contributed by atoms with Crippen molar-refractivity contribution in [2.45, 2.75) is 50.0 Å². The normalized spacial score (nSPS) is 17.7. The molecule has 0 spiro atoms. The highest BCUT2D eigenvalue weighted by atomic mass is 32.2. The molecular formula is C12H21N3O3S. The van der Waals surface area contributed by atoms with Gasteiger partial charge >= 0.3 is 0 Å². The Morgan fingerprint density at radius 2 is 2.16 bits per heavy atom. The standard InChI is InChI=1S/C12H21N3O3S/c1-10-12(9-13-15-10)19(16,17)14-7-8-18-11-5-3-2-4-6-11/h9,11,14H,2-8H2,1H3,(H,13,15). The van der Waals surface area contributed by atoms with Crippen molar-refractivity contribution in [1.82, 2.24) is 14.9 Å². The summed E-state index contributed by atoms with van der Waals surface area (Å²) in [5.74, 6) is 0. The van der Waals surface area contributed by atoms with Crippen LogP contribution in [-0.2, 0) is 14.8 Å². The zero-order valence-electron chi connectivity index (χ0n) is 11.2. The van der Waals surface area contributed by atoms with Gasteiger partial charge in [-0.05, 0) is 19.8 Å². The quantitative estimate of drug-likeness (QED) is 0.773. The lowest BCUT2D eigenvalue weighted by atomic mass is 9.98. The molecule has 0 aromatic carbocycles. The maximum atomic E-state index is 11.9. The molecule has 7 heteroatoms. The van der Waals surface area contributed by atoms with Gasteiger partial charge in [0.2, 0.25) is 10.0 Å². The highest BCUT2D eigenvalue weighted by molar-refractivity contribution is 7.89. The first-order valence-corrected chi connectivity index (χ1v) is 8.19. The summed E-state index contributed by atoms with van der Waals surface area (Å²) in [5, 5.41) is 6.33. The van der Waals surface area contributed by atoms with Crippen LogP contribution in [0, 0.1) is 6.92 Å². The molecule has 6 nitrogen and oxygen atoms in total. The van der Waals surface area contributed by atoms with Crippen LogP contribution in [0.3, 0.4) is 0 Å². The zero-order chi connectivity index (χ0) is 13.7. The number of sulfonamides is 1. The number of rotatable bonds is 6. The highest BCUT2D eigenvalue weighted by Crippen LogP contribution is 2.20. The van der Waals surface area contributed by atoms with Crippen LogP contribution in [0.1, 0.15) is 37.8 Å². The number of aryl methyl sites for hydroxylation is 1. The molecule has 19 heavy (non-hydrogen) atoms. The fourth-order valence-electron chi connectivity index (χ4n) is 2.32. The van der Waals surface area contributed by atoms with Crippen molar-refractivity contribution in [2.24, 2.45) is 0 Å². The Kier molecular flexibility index (Phi) is 4.95. The lowest BCUT2D eigenvalue weighted by Crippen LogP contribution is -2.29. The van der Waals surface area contributed by atoms with Gasteiger partial charge in [0.25, 0.3) is 0 Å². The van der Waals surface area contributed by atoms with Gasteiger partial charge in [-0.15, -0.1) is 0 Å². The van der Waals surface area contributed by atoms with E-state index in [9.17, 15) is 8.42 Å². The molecule has 108 valence electrons. The number of aromatic amines is 1. The summed E-state index contributed by atoms with van der Waals surface area (Å²) < 4.78 is 32.1. The summed E-state index contributed by atoms with van der Waals surface area (Å²) in [6.07, 6.45) is 7.51. The largest absolute Gasteiger partial charge is 0.377 e. The van der Waals surface area contributed by atoms with E-state index in [1.807, 2.05) is 0 Å². The van der Waals surface area contributed by atoms with E-state index in [2.05, 4.69) is 14.9 Å². The maximum Gasteiger partial charge on any atom is 0.244 e. The number of hydrogen-bond donors (Lipinski definition) is 2. The van der Waals surface area contributed by atoms with Gasteiger partial charge in [0.05, 0.1) is 24.6 Å². The molecule has 2 rings (SSSR count). The van der Waals surface area contributed by atoms with Crippen LogP contribution < -0.4 is 4.72 Å². The second-order valence-electron chi connectivity index (χ2n) is 4.89. The van der Waals surface area contributed by atoms with Gasteiger partial charge < -0.3 is 4.74 Å². The molecule has 1 aliphatic rings. The molecule has 1 aromatic heterocycles. The monoisotopic (exact) mass is 287 g/mol. The predicted molar refractivity (Wildman–Crippen MR) is 71.3 cm³/mol. The SMILES string of the molecule is Cc1[nH]ncc1S(=O)(=O)NCCOC1CCCCC1. The Labute approximate surface area is 114 Å². The van der Waals surface area contributed by atoms with Crippen LogP contribution in [0.5, 0.6) is 0 Å². The molecule has 0 unspecified atom stereocenters. The number of hydrogen-bond acceptors (Lipinski definition) is 4. The van der Waals surface area contributed by atoms with Gasteiger partial charge in [-0.1, -0.05) is 19.3 Å². The van der Waals surface area contributed by atoms with Gasteiger partial charge in [-0.2, -0.15) is 5.10 Å². The Morgan fingerprint density at radius 1 is 1.42 bits per heavy atom. The van der Waals surface area contributed by atoms with E-state index in [-0.39, 0.29) is 4.90 Å². The number of aromatic nitrogens is 2. The van der Waals surface area contributed by atoms with E-state index in [0.717, 1.165) is 12.8 Å². The van der Waals surface area contributed by atoms with Crippen LogP contribution >= 0.6 is 0 Å². The molecule has 0 bridgehead atoms. The number of nitrogens with zero attached hydrogens (tertiary/aromatic N) is 1. The fourth-order valence-corrected chi connectivity index (χ4v) is 3.47. The predicted octanol–water partition coefficient (Wildman–Crippen LogP) is 1.35. The summed E-state index contributed by atoms with van der Waals surface area (Å²) in [5.41, 5.74) is 0.542. The smallest absolute Gasteiger partial charge is 0.244 e. The topological polar surface area (TPSA) is 84.1 Å². The van der Waals surface area contributed by atoms with Crippen molar-refractivity contribution in [3.05, 3.63) is 11.9 Å². The van der Waals surface area contributed by atoms with Crippen molar-refractivity contribution < 1.29 is 13.2 Å². The fraction of sp³-hybridized carbons (Fsp3) is 0.750. The molecule has 2 N–H and O–H groups in total. The minimum atomic E-state index is -3.47. The van der Waals surface area contributed by atoms with E-state index < -0.39 is 10.0 Å². The summed E-state index contributed by atoms with van der Waals surface area (Å²) in [6, 6.07) is 0. The first kappa shape index (κ1) is 14.5. The van der Waals surface area contributed by atoms with E-state index in [4.69, 9.17) is 4.74 Å². The van der Waals surface area contributed by atoms with Gasteiger partial charge in [-0.25, -0.2) is 13.1 Å². The van der Waals surface area contributed by atoms with Crippen molar-refractivity contribution >= 4 is 10.0 Å². The second-order valence-corrected chi connectivity index (χ2v) is 6.62. The van der Waals surface area contributed by atoms with Gasteiger partial charge in [0.15, 0.2) is 0 Å². The summed E-state index contributed by atoms with van der Waals surface area (Å²) in [4.78, 5) is 0.199. The minimum Gasteiger partial charge on any atom is -0.377 e. The van der Waals surface area contributed by atoms with Crippen LogP contribution in [-0.4, -0.2) is 37.9 Å². The van der Waals surface area contributed by atoms with Crippen molar-refractivity contribution in [3.8, 4) is 0 Å². The molecule has 0 atom stereocenters. The molecule has 1 fully saturated rings. The van der Waals surface area contributed by atoms with Crippen molar-refractivity contribution in [2.75, 3.05) is 13.2 Å². The van der Waals surface area contributed by atoms with E-state index in [1.54, 1.807) is 6.92 Å². The lowest BCUT2D eigenvalue weighted by Gasteiger charge is -2.21. The molecule has 0 aliphatic heterocycles. The zero-order valence-corrected chi connectivity index (χ0v) is 12.0. The Bertz CT molecular complexity index is 492. The third kappa shape index (κ3) is 4.02. The van der Waals surface area contributed by atoms with Gasteiger partial charge in [0, 0.05) is 6.54 Å². The summed E-state index contributed by atoms with van der Waals surface area (Å²) in [7, 11) is -3.47. The molecule has 1 aromatic rings. The molecule has 0 saturated heterocycles. The molecular weight excluding hydrogens is 266 g/mol. The number of nitrogens with one attached hydrogen (secondary N) is 2. The highest BCUT2D eigenvalue weighted by Gasteiger charge is 2.18. The molecule has 1 saturated carbocycles. The lowest BCUT2D eigenvalue weighted by molar-refractivity contribution is 0.0321. The van der Waals surface area contributed by atoms with E-state index in [0.29, 0.717) is 24.9 Å². The number of ether oxygens (including phenoxy) is 1. The molecule has 1 heterocycles. The second kappa shape index (κ2) is 6.49. The van der Waals surface area contributed by atoms with Crippen LogP contribution in [0.2, 0.25) is 0 Å². The number of H-pyrrole nitrogens is 1. The third-order valence-corrected chi connectivity index (χ3v) is 4.95. The van der Waals surface area contributed by atoms with Gasteiger partial charge in [-0.3, -0.25) is 5.10 Å². The minimum absolute atomic E-state index is 0.199. The summed E-state index contributed by atoms with van der Waals surface area (Å²) >= 11 is 0. The first-order chi connectivity index (χ1) is 9.09. The Morgan fingerprint density at radius 3 is 2.79 bits per heavy atom. The molecule has 1 aliphatic carbocycles. The first-order valence-electron chi connectivity index (χ1n) is 6.71. The summed E-state index contributed by atoms with van der Waals surface area (Å²) in [6.45, 7) is 2.39. The Hall–Kier alpha value is -0.920. The van der Waals surface area contributed by atoms with Crippen molar-refractivity contribution in [3.63, 3.8) is 0 Å². The molecule has 0 amide bonds. The Balaban J connectivity index is 1.74. The average Bonchev–Trinajstić information content (AvgIpc) is 2.83. The third-order valence-electron chi connectivity index (χ3n) is 3.37. The van der Waals surface area contributed by atoms with Crippen molar-refractivity contribution in [1.29, 1.82) is 0 Å². The van der Waals surface area contributed by atoms with Crippen LogP contribution in [0.15, 0.2) is 11.1 Å². The van der Waals surface area contributed by atoms with Crippen LogP contribution in [0.25, 0.3) is 0 Å². The maximum absolute atomic E-state index is 11.9. The van der Waals surface area contributed by atoms with E-state index in [1.165, 1.54) is 25.5 Å². The van der Waals surface area contributed by atoms with Crippen LogP contribution in [0.4, 0.5) is 0 Å². The molecule has 0 radical (unpaired) electrons.